The highest BCUT2D eigenvalue weighted by atomic mass is 16.6. The highest BCUT2D eigenvalue weighted by molar-refractivity contribution is 5.65. The van der Waals surface area contributed by atoms with Gasteiger partial charge in [0.25, 0.3) is 0 Å². The number of ether oxygens (including phenoxy) is 4. The highest BCUT2D eigenvalue weighted by Crippen LogP contribution is 2.27. The topological polar surface area (TPSA) is 120 Å². The van der Waals surface area contributed by atoms with Crippen LogP contribution in [0, 0.1) is 11.8 Å². The zero-order chi connectivity index (χ0) is 26.8. The second-order valence-electron chi connectivity index (χ2n) is 8.77. The van der Waals surface area contributed by atoms with E-state index >= 15 is 0 Å². The Bertz CT molecular complexity index is 1040. The van der Waals surface area contributed by atoms with Gasteiger partial charge in [0.1, 0.15) is 6.23 Å². The Hall–Kier alpha value is -2.81. The molecule has 0 aliphatic carbocycles. The van der Waals surface area contributed by atoms with Crippen molar-refractivity contribution in [1.29, 1.82) is 0 Å². The Morgan fingerprint density at radius 1 is 0.868 bits per heavy atom. The molecule has 9 heteroatoms. The van der Waals surface area contributed by atoms with Gasteiger partial charge in [0.05, 0.1) is 71.5 Å². The summed E-state index contributed by atoms with van der Waals surface area (Å²) >= 11 is 0. The van der Waals surface area contributed by atoms with E-state index in [0.717, 1.165) is 22.4 Å². The summed E-state index contributed by atoms with van der Waals surface area (Å²) in [5.74, 6) is 6.49. The molecule has 1 aliphatic rings. The number of carbonyl (C=O) groups is 1. The predicted octanol–water partition coefficient (Wildman–Crippen LogP) is 0.620. The van der Waals surface area contributed by atoms with Crippen molar-refractivity contribution in [3.05, 3.63) is 65.2 Å². The number of para-hydroxylation sites is 1. The summed E-state index contributed by atoms with van der Waals surface area (Å²) < 4.78 is 21.5. The molecule has 5 N–H and O–H groups in total. The maximum atomic E-state index is 12.3. The molecule has 1 atom stereocenters. The minimum Gasteiger partial charge on any atom is -0.378 e. The van der Waals surface area contributed by atoms with Crippen LogP contribution in [0.15, 0.2) is 48.5 Å². The number of quaternary nitrogens is 1. The maximum absolute atomic E-state index is 12.3. The van der Waals surface area contributed by atoms with Crippen molar-refractivity contribution in [1.82, 2.24) is 0 Å². The number of primary amides is 1. The van der Waals surface area contributed by atoms with E-state index in [1.54, 1.807) is 5.32 Å². The van der Waals surface area contributed by atoms with Gasteiger partial charge in [0.15, 0.2) is 0 Å². The summed E-state index contributed by atoms with van der Waals surface area (Å²) in [5, 5.41) is 12.7. The van der Waals surface area contributed by atoms with Crippen molar-refractivity contribution in [2.75, 3.05) is 70.8 Å². The number of nitrogens with two attached hydrogens (primary N) is 2. The first kappa shape index (κ1) is 29.7. The largest absolute Gasteiger partial charge is 0.378 e. The lowest BCUT2D eigenvalue weighted by atomic mass is 10.0. The van der Waals surface area contributed by atoms with Gasteiger partial charge in [-0.25, -0.2) is 4.79 Å². The number of aliphatic hydroxyl groups is 1. The van der Waals surface area contributed by atoms with E-state index in [9.17, 15) is 9.90 Å². The zero-order valence-electron chi connectivity index (χ0n) is 22.0. The normalized spacial score (nSPS) is 13.1. The molecule has 2 aromatic carbocycles. The molecule has 38 heavy (non-hydrogen) atoms. The molecule has 0 radical (unpaired) electrons. The highest BCUT2D eigenvalue weighted by Gasteiger charge is 2.22. The summed E-state index contributed by atoms with van der Waals surface area (Å²) in [5.41, 5.74) is 9.13. The Morgan fingerprint density at radius 3 is 2.16 bits per heavy atom. The molecule has 3 rings (SSSR count). The fourth-order valence-electron chi connectivity index (χ4n) is 3.95. The third-order valence-corrected chi connectivity index (χ3v) is 5.93. The van der Waals surface area contributed by atoms with Crippen LogP contribution >= 0.6 is 0 Å². The maximum Gasteiger partial charge on any atom is 0.312 e. The molecule has 9 nitrogen and oxygen atoms in total. The fraction of sp³-hybridized carbons (Fsp3) is 0.483. The standard InChI is InChI=1S/C29H39N3O6/c30-13-16-36-18-20-38-22-21-37-19-17-35-15-12-28(33)31-14-11-29(34)32-23-26-7-2-1-5-24(26)9-10-25-6-3-4-8-27(25)32/h1-8,29,34H,11-23,30H2,(H,31,33)/p+1. The van der Waals surface area contributed by atoms with Gasteiger partial charge in [-0.2, -0.15) is 0 Å². The number of hydrogen-bond acceptors (Lipinski definition) is 8. The molecule has 1 aliphatic heterocycles. The average Bonchev–Trinajstić information content (AvgIpc) is 2.92. The number of fused-ring (bicyclic) bond motifs is 2. The van der Waals surface area contributed by atoms with E-state index in [-0.39, 0.29) is 5.91 Å². The first-order chi connectivity index (χ1) is 18.7. The molecular weight excluding hydrogens is 486 g/mol. The van der Waals surface area contributed by atoms with Crippen molar-refractivity contribution in [3.8, 4) is 11.8 Å². The van der Waals surface area contributed by atoms with Crippen LogP contribution in [-0.2, 0) is 30.3 Å². The molecule has 0 fully saturated rings. The second kappa shape index (κ2) is 17.7. The van der Waals surface area contributed by atoms with Crippen molar-refractivity contribution in [2.45, 2.75) is 25.6 Å². The Morgan fingerprint density at radius 2 is 1.45 bits per heavy atom. The lowest BCUT2D eigenvalue weighted by molar-refractivity contribution is -0.570. The van der Waals surface area contributed by atoms with E-state index in [4.69, 9.17) is 24.7 Å². The fourth-order valence-corrected chi connectivity index (χ4v) is 3.95. The van der Waals surface area contributed by atoms with Crippen LogP contribution in [0.3, 0.4) is 0 Å². The van der Waals surface area contributed by atoms with Crippen molar-refractivity contribution >= 4 is 11.6 Å². The molecule has 0 saturated carbocycles. The van der Waals surface area contributed by atoms with Crippen LogP contribution in [-0.4, -0.2) is 83.2 Å². The van der Waals surface area contributed by atoms with Crippen LogP contribution in [0.2, 0.25) is 0 Å². The van der Waals surface area contributed by atoms with E-state index in [2.05, 4.69) is 11.8 Å². The number of aliphatic hydroxyl groups excluding tert-OH is 1. The van der Waals surface area contributed by atoms with E-state index in [1.807, 2.05) is 53.4 Å². The third-order valence-electron chi connectivity index (χ3n) is 5.93. The lowest BCUT2D eigenvalue weighted by Crippen LogP contribution is -2.88. The van der Waals surface area contributed by atoms with Gasteiger partial charge < -0.3 is 34.7 Å². The van der Waals surface area contributed by atoms with Gasteiger partial charge in [0.2, 0.25) is 0 Å². The van der Waals surface area contributed by atoms with E-state index < -0.39 is 6.23 Å². The van der Waals surface area contributed by atoms with Crippen LogP contribution in [0.5, 0.6) is 0 Å². The average molecular weight is 527 g/mol. The van der Waals surface area contributed by atoms with Crippen LogP contribution in [0.1, 0.15) is 29.5 Å². The summed E-state index contributed by atoms with van der Waals surface area (Å²) in [6.07, 6.45) is -0.00711. The molecule has 0 aromatic heterocycles. The molecule has 1 heterocycles. The van der Waals surface area contributed by atoms with Crippen molar-refractivity contribution in [3.63, 3.8) is 0 Å². The first-order valence-electron chi connectivity index (χ1n) is 13.2. The summed E-state index contributed by atoms with van der Waals surface area (Å²) in [7, 11) is 0. The van der Waals surface area contributed by atoms with E-state index in [1.165, 1.54) is 0 Å². The minimum atomic E-state index is -0.746. The van der Waals surface area contributed by atoms with Gasteiger partial charge in [-0.1, -0.05) is 42.2 Å². The molecule has 1 unspecified atom stereocenters. The third kappa shape index (κ3) is 10.5. The van der Waals surface area contributed by atoms with E-state index in [0.29, 0.717) is 85.3 Å². The first-order valence-corrected chi connectivity index (χ1v) is 13.2. The number of hydrogen-bond donors (Lipinski definition) is 3. The minimum absolute atomic E-state index is 0.00708. The van der Waals surface area contributed by atoms with Gasteiger partial charge in [-0.15, -0.1) is 0 Å². The van der Waals surface area contributed by atoms with Crippen LogP contribution < -0.4 is 16.0 Å². The SMILES string of the molecule is NCCOCCOCCOCCOCCC(=O)[NH2+]CCC(O)N1Cc2ccccc2C#Cc2ccccc21. The zero-order valence-corrected chi connectivity index (χ0v) is 22.0. The van der Waals surface area contributed by atoms with Crippen molar-refractivity contribution in [2.24, 2.45) is 5.73 Å². The molecular formula is C29H40N3O6+. The number of rotatable bonds is 18. The predicted molar refractivity (Wildman–Crippen MR) is 144 cm³/mol. The number of carbonyl (C=O) groups excluding carboxylic acids is 1. The molecule has 0 saturated heterocycles. The Kier molecular flexibility index (Phi) is 13.8. The lowest BCUT2D eigenvalue weighted by Gasteiger charge is -2.32. The van der Waals surface area contributed by atoms with Gasteiger partial charge >= 0.3 is 5.91 Å². The Balaban J connectivity index is 1.29. The molecule has 0 bridgehead atoms. The number of anilines is 1. The molecule has 1 amide bonds. The summed E-state index contributed by atoms with van der Waals surface area (Å²) in [6, 6.07) is 15.8. The van der Waals surface area contributed by atoms with Crippen molar-refractivity contribution < 1.29 is 34.2 Å². The Labute approximate surface area is 225 Å². The van der Waals surface area contributed by atoms with Gasteiger partial charge in [-0.05, 0) is 23.8 Å². The number of benzene rings is 2. The molecule has 206 valence electrons. The summed E-state index contributed by atoms with van der Waals surface area (Å²) in [4.78, 5) is 14.2. The molecule has 0 spiro atoms. The van der Waals surface area contributed by atoms with Gasteiger partial charge in [-0.3, -0.25) is 5.32 Å². The second-order valence-corrected chi connectivity index (χ2v) is 8.77. The number of nitrogens with zero attached hydrogens (tertiary/aromatic N) is 1. The van der Waals surface area contributed by atoms with Gasteiger partial charge in [0, 0.05) is 30.6 Å². The smallest absolute Gasteiger partial charge is 0.312 e. The monoisotopic (exact) mass is 526 g/mol. The number of amides is 1. The van der Waals surface area contributed by atoms with Crippen LogP contribution in [0.4, 0.5) is 5.69 Å². The van der Waals surface area contributed by atoms with Crippen LogP contribution in [0.25, 0.3) is 0 Å². The quantitative estimate of drug-likeness (QED) is 0.191. The molecule has 2 aromatic rings. The summed E-state index contributed by atoms with van der Waals surface area (Å²) in [6.45, 7) is 5.30.